The molecule has 3 aromatic rings. The number of nitrogens with zero attached hydrogens (tertiary/aromatic N) is 4. The average Bonchev–Trinajstić information content (AvgIpc) is 2.82. The molecule has 0 radical (unpaired) electrons. The first-order valence-corrected chi connectivity index (χ1v) is 10.9. The number of hydrogen-bond donors (Lipinski definition) is 2. The Morgan fingerprint density at radius 2 is 1.88 bits per heavy atom. The number of halogens is 2. The lowest BCUT2D eigenvalue weighted by molar-refractivity contribution is 0.0958. The van der Waals surface area contributed by atoms with Crippen LogP contribution >= 0.6 is 0 Å². The highest BCUT2D eigenvalue weighted by Crippen LogP contribution is 2.27. The number of benzene rings is 1. The van der Waals surface area contributed by atoms with Gasteiger partial charge in [0.15, 0.2) is 0 Å². The third kappa shape index (κ3) is 4.43. The third-order valence-corrected chi connectivity index (χ3v) is 6.17. The van der Waals surface area contributed by atoms with E-state index in [2.05, 4.69) is 25.1 Å². The van der Waals surface area contributed by atoms with E-state index in [9.17, 15) is 23.2 Å². The third-order valence-electron chi connectivity index (χ3n) is 6.17. The quantitative estimate of drug-likeness (QED) is 0.584. The van der Waals surface area contributed by atoms with Gasteiger partial charge in [-0.25, -0.2) is 18.6 Å². The van der Waals surface area contributed by atoms with Gasteiger partial charge in [-0.05, 0) is 36.8 Å². The van der Waals surface area contributed by atoms with Gasteiger partial charge in [0.1, 0.15) is 5.69 Å². The summed E-state index contributed by atoms with van der Waals surface area (Å²) in [6.45, 7) is 5.05. The molecule has 0 bridgehead atoms. The molecule has 1 saturated heterocycles. The molecule has 2 aromatic heterocycles. The molecule has 0 aliphatic carbocycles. The smallest absolute Gasteiger partial charge is 0.328 e. The van der Waals surface area contributed by atoms with Crippen molar-refractivity contribution in [3.8, 4) is 0 Å². The Bertz CT molecular complexity index is 1360. The summed E-state index contributed by atoms with van der Waals surface area (Å²) in [6, 6.07) is 6.53. The van der Waals surface area contributed by atoms with Crippen LogP contribution in [0.2, 0.25) is 0 Å². The molecule has 9 nitrogen and oxygen atoms in total. The topological polar surface area (TPSA) is 103 Å². The number of amides is 1. The van der Waals surface area contributed by atoms with Gasteiger partial charge in [-0.3, -0.25) is 19.1 Å². The molecule has 0 atom stereocenters. The normalized spacial score (nSPS) is 14.7. The molecular formula is C23H26F2N6O3. The summed E-state index contributed by atoms with van der Waals surface area (Å²) in [6.07, 6.45) is -2.84. The van der Waals surface area contributed by atoms with Crippen LogP contribution in [0.1, 0.15) is 33.7 Å². The highest BCUT2D eigenvalue weighted by Gasteiger charge is 2.22. The van der Waals surface area contributed by atoms with Crippen LogP contribution in [0.5, 0.6) is 0 Å². The fraction of sp³-hybridized carbons (Fsp3) is 0.391. The van der Waals surface area contributed by atoms with Gasteiger partial charge < -0.3 is 15.2 Å². The number of fused-ring (bicyclic) bond motifs is 1. The molecule has 0 spiro atoms. The molecule has 1 aromatic carbocycles. The summed E-state index contributed by atoms with van der Waals surface area (Å²) < 4.78 is 28.3. The minimum Gasteiger partial charge on any atom is -0.368 e. The van der Waals surface area contributed by atoms with Crippen LogP contribution in [-0.4, -0.2) is 58.6 Å². The number of nitrogens with one attached hydrogen (secondary N) is 2. The molecule has 11 heteroatoms. The van der Waals surface area contributed by atoms with Crippen molar-refractivity contribution in [1.82, 2.24) is 24.8 Å². The molecular weight excluding hydrogens is 446 g/mol. The van der Waals surface area contributed by atoms with Gasteiger partial charge in [0.2, 0.25) is 0 Å². The summed E-state index contributed by atoms with van der Waals surface area (Å²) in [5.41, 5.74) is 1.05. The van der Waals surface area contributed by atoms with Gasteiger partial charge in [-0.15, -0.1) is 0 Å². The molecule has 1 fully saturated rings. The van der Waals surface area contributed by atoms with Gasteiger partial charge in [0.25, 0.3) is 17.9 Å². The monoisotopic (exact) mass is 472 g/mol. The maximum Gasteiger partial charge on any atom is 0.328 e. The number of aromatic amines is 1. The zero-order valence-corrected chi connectivity index (χ0v) is 19.2. The number of carbonyl (C=O) groups is 1. The van der Waals surface area contributed by atoms with Crippen molar-refractivity contribution in [2.45, 2.75) is 19.9 Å². The summed E-state index contributed by atoms with van der Waals surface area (Å²) in [5, 5.41) is 2.40. The number of piperazine rings is 1. The van der Waals surface area contributed by atoms with E-state index in [0.29, 0.717) is 44.0 Å². The van der Waals surface area contributed by atoms with E-state index in [-0.39, 0.29) is 22.4 Å². The number of carbonyl (C=O) groups excluding carboxylic acids is 1. The Morgan fingerprint density at radius 3 is 2.50 bits per heavy atom. The standard InChI is InChI=1S/C23H26F2N6O3/c1-13-18(5-4-16(27-13)21(32)26-2)31-8-6-30(7-9-31)12-14-10-15(20(24)25)19-17(11-14)28-23(34)29(3)22(19)33/h4-5,10-11,20H,6-9,12H2,1-3H3,(H,26,32)(H,28,34). The Hall–Kier alpha value is -3.60. The lowest BCUT2D eigenvalue weighted by Gasteiger charge is -2.36. The van der Waals surface area contributed by atoms with Crippen molar-refractivity contribution >= 4 is 22.5 Å². The number of aromatic nitrogens is 3. The number of alkyl halides is 2. The van der Waals surface area contributed by atoms with E-state index >= 15 is 0 Å². The van der Waals surface area contributed by atoms with Crippen LogP contribution in [0.25, 0.3) is 10.9 Å². The van der Waals surface area contributed by atoms with E-state index < -0.39 is 17.7 Å². The van der Waals surface area contributed by atoms with Crippen molar-refractivity contribution in [1.29, 1.82) is 0 Å². The number of H-pyrrole nitrogens is 1. The second-order valence-electron chi connectivity index (χ2n) is 8.35. The molecule has 1 aliphatic rings. The minimum absolute atomic E-state index is 0.123. The summed E-state index contributed by atoms with van der Waals surface area (Å²) >= 11 is 0. The number of pyridine rings is 1. The fourth-order valence-corrected chi connectivity index (χ4v) is 4.33. The SMILES string of the molecule is CNC(=O)c1ccc(N2CCN(Cc3cc(C(F)F)c4c(=O)n(C)c(=O)[nH]c4c3)CC2)c(C)n1. The van der Waals surface area contributed by atoms with Crippen LogP contribution in [-0.2, 0) is 13.6 Å². The number of anilines is 1. The van der Waals surface area contributed by atoms with Crippen molar-refractivity contribution in [2.24, 2.45) is 7.05 Å². The minimum atomic E-state index is -2.84. The first-order valence-electron chi connectivity index (χ1n) is 10.9. The molecule has 3 heterocycles. The highest BCUT2D eigenvalue weighted by molar-refractivity contribution is 5.92. The Kier molecular flexibility index (Phi) is 6.47. The van der Waals surface area contributed by atoms with Crippen molar-refractivity contribution in [3.63, 3.8) is 0 Å². The highest BCUT2D eigenvalue weighted by atomic mass is 19.3. The van der Waals surface area contributed by atoms with Crippen LogP contribution in [0.4, 0.5) is 14.5 Å². The lowest BCUT2D eigenvalue weighted by Crippen LogP contribution is -2.46. The maximum atomic E-state index is 13.8. The average molecular weight is 472 g/mol. The molecule has 1 aliphatic heterocycles. The Balaban J connectivity index is 1.52. The zero-order chi connectivity index (χ0) is 24.6. The molecule has 34 heavy (non-hydrogen) atoms. The van der Waals surface area contributed by atoms with Crippen molar-refractivity contribution in [3.05, 3.63) is 67.6 Å². The van der Waals surface area contributed by atoms with Crippen molar-refractivity contribution in [2.75, 3.05) is 38.1 Å². The van der Waals surface area contributed by atoms with Crippen LogP contribution in [0.15, 0.2) is 33.9 Å². The molecule has 4 rings (SSSR count). The van der Waals surface area contributed by atoms with Gasteiger partial charge in [-0.1, -0.05) is 0 Å². The second-order valence-corrected chi connectivity index (χ2v) is 8.35. The van der Waals surface area contributed by atoms with E-state index in [0.717, 1.165) is 15.9 Å². The predicted molar refractivity (Wildman–Crippen MR) is 125 cm³/mol. The van der Waals surface area contributed by atoms with Gasteiger partial charge in [0.05, 0.1) is 22.3 Å². The van der Waals surface area contributed by atoms with Gasteiger partial charge >= 0.3 is 5.69 Å². The molecule has 2 N–H and O–H groups in total. The van der Waals surface area contributed by atoms with E-state index in [1.165, 1.54) is 13.1 Å². The second kappa shape index (κ2) is 9.34. The largest absolute Gasteiger partial charge is 0.368 e. The summed E-state index contributed by atoms with van der Waals surface area (Å²) in [4.78, 5) is 47.4. The number of rotatable bonds is 5. The zero-order valence-electron chi connectivity index (χ0n) is 19.2. The molecule has 180 valence electrons. The molecule has 1 amide bonds. The Morgan fingerprint density at radius 1 is 1.18 bits per heavy atom. The first-order chi connectivity index (χ1) is 16.2. The van der Waals surface area contributed by atoms with Gasteiger partial charge in [0, 0.05) is 52.4 Å². The van der Waals surface area contributed by atoms with Crippen LogP contribution in [0.3, 0.4) is 0 Å². The lowest BCUT2D eigenvalue weighted by atomic mass is 10.0. The summed E-state index contributed by atoms with van der Waals surface area (Å²) in [7, 11) is 2.82. The fourth-order valence-electron chi connectivity index (χ4n) is 4.33. The van der Waals surface area contributed by atoms with E-state index in [4.69, 9.17) is 0 Å². The van der Waals surface area contributed by atoms with E-state index in [1.54, 1.807) is 19.2 Å². The van der Waals surface area contributed by atoms with Crippen LogP contribution < -0.4 is 21.5 Å². The summed E-state index contributed by atoms with van der Waals surface area (Å²) in [5.74, 6) is -0.239. The van der Waals surface area contributed by atoms with Crippen molar-refractivity contribution < 1.29 is 13.6 Å². The van der Waals surface area contributed by atoms with Gasteiger partial charge in [-0.2, -0.15) is 0 Å². The Labute approximate surface area is 194 Å². The molecule has 0 saturated carbocycles. The van der Waals surface area contributed by atoms with E-state index in [1.807, 2.05) is 13.0 Å². The number of aryl methyl sites for hydroxylation is 1. The van der Waals surface area contributed by atoms with Crippen LogP contribution in [0, 0.1) is 6.92 Å². The number of hydrogen-bond acceptors (Lipinski definition) is 6. The first kappa shape index (κ1) is 23.6. The maximum absolute atomic E-state index is 13.8. The predicted octanol–water partition coefficient (Wildman–Crippen LogP) is 1.55. The molecule has 0 unspecified atom stereocenters.